The van der Waals surface area contributed by atoms with Gasteiger partial charge in [-0.2, -0.15) is 0 Å². The minimum atomic E-state index is -0.333. The van der Waals surface area contributed by atoms with Crippen molar-refractivity contribution >= 4 is 60.7 Å². The molecule has 4 nitrogen and oxygen atoms in total. The summed E-state index contributed by atoms with van der Waals surface area (Å²) in [6, 6.07) is 8.26. The van der Waals surface area contributed by atoms with E-state index in [1.54, 1.807) is 30.3 Å². The monoisotopic (exact) mass is 432 g/mol. The van der Waals surface area contributed by atoms with Gasteiger partial charge in [0.2, 0.25) is 0 Å². The second-order valence-corrected chi connectivity index (χ2v) is 6.30. The molecule has 2 aromatic carbocycles. The molecule has 0 bridgehead atoms. The zero-order valence-electron chi connectivity index (χ0n) is 10.9. The molecule has 0 spiro atoms. The van der Waals surface area contributed by atoms with Crippen LogP contribution in [-0.2, 0) is 0 Å². The van der Waals surface area contributed by atoms with Crippen molar-refractivity contribution in [3.05, 3.63) is 49.9 Å². The van der Waals surface area contributed by atoms with E-state index in [1.807, 2.05) is 0 Å². The Balaban J connectivity index is 2.37. The highest BCUT2D eigenvalue weighted by Crippen LogP contribution is 2.34. The van der Waals surface area contributed by atoms with Crippen molar-refractivity contribution in [2.75, 3.05) is 18.2 Å². The number of carbonyl (C=O) groups is 1. The van der Waals surface area contributed by atoms with E-state index in [0.717, 1.165) is 0 Å². The molecule has 0 atom stereocenters. The number of hydrogen-bond donors (Lipinski definition) is 2. The number of ether oxygens (including phenoxy) is 1. The average molecular weight is 435 g/mol. The summed E-state index contributed by atoms with van der Waals surface area (Å²) in [5, 5.41) is 3.25. The van der Waals surface area contributed by atoms with Crippen molar-refractivity contribution in [3.63, 3.8) is 0 Å². The highest BCUT2D eigenvalue weighted by Gasteiger charge is 2.16. The molecule has 0 aliphatic carbocycles. The van der Waals surface area contributed by atoms with Crippen LogP contribution in [0, 0.1) is 0 Å². The van der Waals surface area contributed by atoms with Crippen molar-refractivity contribution in [3.8, 4) is 5.75 Å². The summed E-state index contributed by atoms with van der Waals surface area (Å²) in [6.45, 7) is 0. The minimum Gasteiger partial charge on any atom is -0.496 e. The molecule has 2 rings (SSSR count). The first kappa shape index (κ1) is 16.1. The number of nitrogens with two attached hydrogens (primary N) is 1. The summed E-state index contributed by atoms with van der Waals surface area (Å²) in [5.74, 6) is 0.111. The number of amides is 1. The molecule has 3 N–H and O–H groups in total. The van der Waals surface area contributed by atoms with Gasteiger partial charge in [0.15, 0.2) is 0 Å². The van der Waals surface area contributed by atoms with Gasteiger partial charge in [-0.15, -0.1) is 0 Å². The second-order valence-electron chi connectivity index (χ2n) is 4.16. The third kappa shape index (κ3) is 3.70. The zero-order chi connectivity index (χ0) is 15.6. The highest BCUT2D eigenvalue weighted by molar-refractivity contribution is 9.11. The first-order valence-electron chi connectivity index (χ1n) is 5.81. The molecular formula is C14H11Br2ClN2O2. The number of methoxy groups -OCH3 is 1. The molecule has 0 unspecified atom stereocenters. The minimum absolute atomic E-state index is 0.333. The molecule has 0 aliphatic rings. The van der Waals surface area contributed by atoms with Crippen LogP contribution in [0.25, 0.3) is 0 Å². The van der Waals surface area contributed by atoms with Crippen molar-refractivity contribution < 1.29 is 9.53 Å². The molecule has 0 aromatic heterocycles. The van der Waals surface area contributed by atoms with Gasteiger partial charge in [-0.25, -0.2) is 0 Å². The Labute approximate surface area is 143 Å². The number of halogens is 3. The van der Waals surface area contributed by atoms with Crippen LogP contribution in [0.4, 0.5) is 11.4 Å². The molecule has 0 aliphatic heterocycles. The summed E-state index contributed by atoms with van der Waals surface area (Å²) in [7, 11) is 1.50. The standard InChI is InChI=1S/C14H11Br2ClN2O2/c1-21-12-3-2-7(17)4-9(12)14(20)19-13-10(15)5-8(18)6-11(13)16/h2-6H,18H2,1H3,(H,19,20). The molecule has 0 saturated heterocycles. The number of anilines is 2. The Morgan fingerprint density at radius 1 is 1.24 bits per heavy atom. The van der Waals surface area contributed by atoms with Crippen LogP contribution in [0.2, 0.25) is 5.02 Å². The molecule has 110 valence electrons. The molecule has 0 heterocycles. The van der Waals surface area contributed by atoms with Crippen LogP contribution >= 0.6 is 43.5 Å². The quantitative estimate of drug-likeness (QED) is 0.688. The van der Waals surface area contributed by atoms with Gasteiger partial charge >= 0.3 is 0 Å². The van der Waals surface area contributed by atoms with Crippen LogP contribution in [0.1, 0.15) is 10.4 Å². The number of nitrogens with one attached hydrogen (secondary N) is 1. The molecule has 0 saturated carbocycles. The summed E-state index contributed by atoms with van der Waals surface area (Å²) in [5.41, 5.74) is 7.23. The number of hydrogen-bond acceptors (Lipinski definition) is 3. The molecule has 2 aromatic rings. The first-order valence-corrected chi connectivity index (χ1v) is 7.78. The lowest BCUT2D eigenvalue weighted by molar-refractivity contribution is 0.102. The third-order valence-corrected chi connectivity index (χ3v) is 4.20. The molecule has 1 amide bonds. The smallest absolute Gasteiger partial charge is 0.259 e. The highest BCUT2D eigenvalue weighted by atomic mass is 79.9. The van der Waals surface area contributed by atoms with Crippen LogP contribution in [0.15, 0.2) is 39.3 Å². The lowest BCUT2D eigenvalue weighted by atomic mass is 10.1. The fourth-order valence-corrected chi connectivity index (χ4v) is 3.34. The second kappa shape index (κ2) is 6.68. The third-order valence-electron chi connectivity index (χ3n) is 2.71. The molecular weight excluding hydrogens is 423 g/mol. The fraction of sp³-hybridized carbons (Fsp3) is 0.0714. The topological polar surface area (TPSA) is 64.3 Å². The van der Waals surface area contributed by atoms with Gasteiger partial charge in [-0.3, -0.25) is 4.79 Å². The summed E-state index contributed by atoms with van der Waals surface area (Å²) < 4.78 is 6.52. The van der Waals surface area contributed by atoms with Crippen LogP contribution in [0.3, 0.4) is 0 Å². The molecule has 7 heteroatoms. The first-order chi connectivity index (χ1) is 9.92. The van der Waals surface area contributed by atoms with Crippen LogP contribution < -0.4 is 15.8 Å². The maximum Gasteiger partial charge on any atom is 0.259 e. The predicted octanol–water partition coefficient (Wildman–Crippen LogP) is 4.71. The SMILES string of the molecule is COc1ccc(Cl)cc1C(=O)Nc1c(Br)cc(N)cc1Br. The van der Waals surface area contributed by atoms with E-state index < -0.39 is 0 Å². The van der Waals surface area contributed by atoms with Crippen molar-refractivity contribution in [2.45, 2.75) is 0 Å². The summed E-state index contributed by atoms with van der Waals surface area (Å²) in [6.07, 6.45) is 0. The van der Waals surface area contributed by atoms with Crippen molar-refractivity contribution in [1.82, 2.24) is 0 Å². The van der Waals surface area contributed by atoms with E-state index >= 15 is 0 Å². The van der Waals surface area contributed by atoms with Gasteiger partial charge in [0, 0.05) is 19.7 Å². The fourth-order valence-electron chi connectivity index (χ4n) is 1.75. The van der Waals surface area contributed by atoms with Crippen LogP contribution in [-0.4, -0.2) is 13.0 Å². The predicted molar refractivity (Wildman–Crippen MR) is 92.2 cm³/mol. The van der Waals surface area contributed by atoms with E-state index in [1.165, 1.54) is 7.11 Å². The molecule has 0 fully saturated rings. The Bertz CT molecular complexity index is 684. The maximum absolute atomic E-state index is 12.4. The Morgan fingerprint density at radius 3 is 2.43 bits per heavy atom. The normalized spacial score (nSPS) is 10.3. The van der Waals surface area contributed by atoms with E-state index in [0.29, 0.717) is 36.7 Å². The summed E-state index contributed by atoms with van der Waals surface area (Å²) >= 11 is 12.7. The Hall–Kier alpha value is -1.24. The van der Waals surface area contributed by atoms with E-state index in [4.69, 9.17) is 22.1 Å². The number of benzene rings is 2. The lowest BCUT2D eigenvalue weighted by Crippen LogP contribution is -2.14. The van der Waals surface area contributed by atoms with E-state index in [-0.39, 0.29) is 5.91 Å². The van der Waals surface area contributed by atoms with Crippen molar-refractivity contribution in [2.24, 2.45) is 0 Å². The van der Waals surface area contributed by atoms with Gasteiger partial charge in [0.05, 0.1) is 18.4 Å². The Morgan fingerprint density at radius 2 is 1.86 bits per heavy atom. The van der Waals surface area contributed by atoms with Gasteiger partial charge in [-0.1, -0.05) is 11.6 Å². The lowest BCUT2D eigenvalue weighted by Gasteiger charge is -2.13. The molecule has 0 radical (unpaired) electrons. The Kier molecular flexibility index (Phi) is 5.13. The number of rotatable bonds is 3. The number of carbonyl (C=O) groups excluding carboxylic acids is 1. The van der Waals surface area contributed by atoms with Gasteiger partial charge in [0.1, 0.15) is 5.75 Å². The van der Waals surface area contributed by atoms with Gasteiger partial charge in [-0.05, 0) is 62.2 Å². The van der Waals surface area contributed by atoms with Crippen LogP contribution in [0.5, 0.6) is 5.75 Å². The van der Waals surface area contributed by atoms with Gasteiger partial charge < -0.3 is 15.8 Å². The largest absolute Gasteiger partial charge is 0.496 e. The van der Waals surface area contributed by atoms with Crippen molar-refractivity contribution in [1.29, 1.82) is 0 Å². The molecule has 21 heavy (non-hydrogen) atoms. The summed E-state index contributed by atoms with van der Waals surface area (Å²) in [4.78, 5) is 12.4. The average Bonchev–Trinajstić information content (AvgIpc) is 2.42. The van der Waals surface area contributed by atoms with E-state index in [9.17, 15) is 4.79 Å². The van der Waals surface area contributed by atoms with E-state index in [2.05, 4.69) is 37.2 Å². The maximum atomic E-state index is 12.4. The van der Waals surface area contributed by atoms with Gasteiger partial charge in [0.25, 0.3) is 5.91 Å². The number of nitrogen functional groups attached to an aromatic ring is 1. The zero-order valence-corrected chi connectivity index (χ0v) is 14.8.